The van der Waals surface area contributed by atoms with Crippen LogP contribution in [-0.2, 0) is 4.74 Å². The second-order valence-electron chi connectivity index (χ2n) is 4.30. The lowest BCUT2D eigenvalue weighted by atomic mass is 10.2. The minimum Gasteiger partial charge on any atom is -0.461 e. The summed E-state index contributed by atoms with van der Waals surface area (Å²) < 4.78 is 4.89. The molecule has 116 valence electrons. The highest BCUT2D eigenvalue weighted by molar-refractivity contribution is 7.80. The summed E-state index contributed by atoms with van der Waals surface area (Å²) in [7, 11) is 0. The van der Waals surface area contributed by atoms with Crippen LogP contribution in [0.3, 0.4) is 0 Å². The second kappa shape index (κ2) is 7.53. The van der Waals surface area contributed by atoms with Gasteiger partial charge in [0.2, 0.25) is 0 Å². The van der Waals surface area contributed by atoms with E-state index in [9.17, 15) is 4.79 Å². The lowest BCUT2D eigenvalue weighted by Crippen LogP contribution is -2.19. The fraction of sp³-hybridized carbons (Fsp3) is 0.214. The molecular formula is C14H14ClN3O2S2. The number of nitrogens with one attached hydrogen (secondary N) is 2. The number of aryl methyl sites for hydroxylation is 1. The summed E-state index contributed by atoms with van der Waals surface area (Å²) in [5.74, 6) is -0.448. The van der Waals surface area contributed by atoms with Crippen molar-refractivity contribution in [1.82, 2.24) is 4.98 Å². The van der Waals surface area contributed by atoms with Gasteiger partial charge in [-0.15, -0.1) is 11.3 Å². The first kappa shape index (κ1) is 16.7. The Balaban J connectivity index is 2.00. The van der Waals surface area contributed by atoms with Crippen molar-refractivity contribution in [1.29, 1.82) is 0 Å². The normalized spacial score (nSPS) is 10.1. The minimum atomic E-state index is -0.448. The molecule has 0 fully saturated rings. The lowest BCUT2D eigenvalue weighted by Gasteiger charge is -2.11. The van der Waals surface area contributed by atoms with Crippen LogP contribution < -0.4 is 10.6 Å². The van der Waals surface area contributed by atoms with Gasteiger partial charge in [0.15, 0.2) is 15.9 Å². The Bertz CT molecular complexity index is 703. The van der Waals surface area contributed by atoms with Crippen LogP contribution in [0.4, 0.5) is 10.8 Å². The summed E-state index contributed by atoms with van der Waals surface area (Å²) >= 11 is 12.5. The zero-order chi connectivity index (χ0) is 16.1. The van der Waals surface area contributed by atoms with Gasteiger partial charge in [-0.05, 0) is 43.8 Å². The number of halogens is 1. The van der Waals surface area contributed by atoms with Gasteiger partial charge in [0, 0.05) is 16.1 Å². The molecule has 0 aliphatic heterocycles. The molecule has 0 aliphatic carbocycles. The van der Waals surface area contributed by atoms with Crippen molar-refractivity contribution >= 4 is 57.1 Å². The number of ether oxygens (including phenoxy) is 1. The van der Waals surface area contributed by atoms with Crippen molar-refractivity contribution in [2.75, 3.05) is 17.2 Å². The third kappa shape index (κ3) is 4.40. The Kier molecular flexibility index (Phi) is 5.70. The number of hydrogen-bond acceptors (Lipinski definition) is 5. The summed E-state index contributed by atoms with van der Waals surface area (Å²) in [5.41, 5.74) is 2.09. The second-order valence-corrected chi connectivity index (χ2v) is 6.00. The van der Waals surface area contributed by atoms with Crippen molar-refractivity contribution in [3.05, 3.63) is 39.9 Å². The maximum atomic E-state index is 11.5. The van der Waals surface area contributed by atoms with Crippen LogP contribution in [0.1, 0.15) is 23.0 Å². The predicted octanol–water partition coefficient (Wildman–Crippen LogP) is 4.09. The Morgan fingerprint density at radius 3 is 2.95 bits per heavy atom. The number of thiocarbonyl (C=S) groups is 1. The van der Waals surface area contributed by atoms with Crippen LogP contribution in [0.2, 0.25) is 5.02 Å². The number of anilines is 2. The maximum absolute atomic E-state index is 11.5. The number of hydrogen-bond donors (Lipinski definition) is 2. The van der Waals surface area contributed by atoms with E-state index in [-0.39, 0.29) is 5.69 Å². The third-order valence-corrected chi connectivity index (χ3v) is 3.85. The molecule has 22 heavy (non-hydrogen) atoms. The number of carbonyl (C=O) groups excluding carboxylic acids is 1. The highest BCUT2D eigenvalue weighted by atomic mass is 35.5. The molecule has 1 aromatic carbocycles. The largest absolute Gasteiger partial charge is 0.461 e. The third-order valence-electron chi connectivity index (χ3n) is 2.66. The smallest absolute Gasteiger partial charge is 0.357 e. The van der Waals surface area contributed by atoms with Gasteiger partial charge in [-0.3, -0.25) is 0 Å². The summed E-state index contributed by atoms with van der Waals surface area (Å²) in [4.78, 5) is 15.7. The highest BCUT2D eigenvalue weighted by Gasteiger charge is 2.12. The van der Waals surface area contributed by atoms with Gasteiger partial charge in [-0.2, -0.15) is 0 Å². The Labute approximate surface area is 142 Å². The van der Waals surface area contributed by atoms with E-state index in [1.165, 1.54) is 11.3 Å². The molecule has 0 bridgehead atoms. The average molecular weight is 356 g/mol. The van der Waals surface area contributed by atoms with Crippen LogP contribution in [0.15, 0.2) is 23.6 Å². The van der Waals surface area contributed by atoms with E-state index in [0.717, 1.165) is 11.3 Å². The number of aromatic nitrogens is 1. The Morgan fingerprint density at radius 2 is 2.23 bits per heavy atom. The molecule has 0 amide bonds. The molecule has 0 unspecified atom stereocenters. The van der Waals surface area contributed by atoms with E-state index < -0.39 is 5.97 Å². The van der Waals surface area contributed by atoms with Crippen molar-refractivity contribution in [3.63, 3.8) is 0 Å². The van der Waals surface area contributed by atoms with Crippen LogP contribution >= 0.6 is 35.2 Å². The molecule has 2 N–H and O–H groups in total. The van der Waals surface area contributed by atoms with Gasteiger partial charge < -0.3 is 15.4 Å². The maximum Gasteiger partial charge on any atom is 0.357 e. The van der Waals surface area contributed by atoms with Crippen LogP contribution in [-0.4, -0.2) is 22.7 Å². The number of esters is 1. The first-order chi connectivity index (χ1) is 10.5. The van der Waals surface area contributed by atoms with Crippen LogP contribution in [0.5, 0.6) is 0 Å². The Morgan fingerprint density at radius 1 is 1.45 bits per heavy atom. The fourth-order valence-corrected chi connectivity index (χ4v) is 2.74. The summed E-state index contributed by atoms with van der Waals surface area (Å²) in [6, 6.07) is 5.50. The predicted molar refractivity (Wildman–Crippen MR) is 94.1 cm³/mol. The van der Waals surface area contributed by atoms with E-state index >= 15 is 0 Å². The molecule has 1 aromatic heterocycles. The van der Waals surface area contributed by atoms with Crippen molar-refractivity contribution < 1.29 is 9.53 Å². The average Bonchev–Trinajstić information content (AvgIpc) is 2.91. The topological polar surface area (TPSA) is 63.2 Å². The van der Waals surface area contributed by atoms with Crippen LogP contribution in [0.25, 0.3) is 0 Å². The van der Waals surface area contributed by atoms with Gasteiger partial charge >= 0.3 is 5.97 Å². The summed E-state index contributed by atoms with van der Waals surface area (Å²) in [6.07, 6.45) is 0. The van der Waals surface area contributed by atoms with E-state index in [4.69, 9.17) is 28.6 Å². The van der Waals surface area contributed by atoms with Gasteiger partial charge in [-0.1, -0.05) is 17.7 Å². The zero-order valence-corrected chi connectivity index (χ0v) is 14.4. The number of carbonyl (C=O) groups is 1. The zero-order valence-electron chi connectivity index (χ0n) is 12.0. The van der Waals surface area contributed by atoms with Crippen molar-refractivity contribution in [3.8, 4) is 0 Å². The first-order valence-corrected chi connectivity index (χ1v) is 8.13. The summed E-state index contributed by atoms with van der Waals surface area (Å²) in [5, 5.41) is 9.10. The quantitative estimate of drug-likeness (QED) is 0.636. The SMILES string of the molecule is CCOC(=O)c1csc(NC(=S)Nc2cc(Cl)ccc2C)n1. The van der Waals surface area contributed by atoms with Gasteiger partial charge in [0.05, 0.1) is 6.61 Å². The minimum absolute atomic E-state index is 0.260. The molecular weight excluding hydrogens is 342 g/mol. The molecule has 8 heteroatoms. The number of nitrogens with zero attached hydrogens (tertiary/aromatic N) is 1. The lowest BCUT2D eigenvalue weighted by molar-refractivity contribution is 0.0520. The number of rotatable bonds is 4. The van der Waals surface area contributed by atoms with E-state index in [2.05, 4.69) is 15.6 Å². The molecule has 0 saturated carbocycles. The fourth-order valence-electron chi connectivity index (χ4n) is 1.61. The Hall–Kier alpha value is -1.70. The molecule has 5 nitrogen and oxygen atoms in total. The van der Waals surface area contributed by atoms with E-state index in [1.807, 2.05) is 19.1 Å². The summed E-state index contributed by atoms with van der Waals surface area (Å²) in [6.45, 7) is 4.01. The standard InChI is InChI=1S/C14H14ClN3O2S2/c1-3-20-12(19)11-7-22-14(17-11)18-13(21)16-10-6-9(15)5-4-8(10)2/h4-7H,3H2,1-2H3,(H2,16,17,18,21). The van der Waals surface area contributed by atoms with E-state index in [1.54, 1.807) is 18.4 Å². The first-order valence-electron chi connectivity index (χ1n) is 6.46. The molecule has 0 aliphatic rings. The van der Waals surface area contributed by atoms with Crippen LogP contribution in [0, 0.1) is 6.92 Å². The molecule has 0 spiro atoms. The molecule has 2 aromatic rings. The van der Waals surface area contributed by atoms with Gasteiger partial charge in [-0.25, -0.2) is 9.78 Å². The van der Waals surface area contributed by atoms with E-state index in [0.29, 0.717) is 21.9 Å². The molecule has 2 rings (SSSR count). The van der Waals surface area contributed by atoms with Crippen molar-refractivity contribution in [2.24, 2.45) is 0 Å². The van der Waals surface area contributed by atoms with Gasteiger partial charge in [0.1, 0.15) is 0 Å². The number of benzene rings is 1. The molecule has 0 saturated heterocycles. The van der Waals surface area contributed by atoms with Crippen molar-refractivity contribution in [2.45, 2.75) is 13.8 Å². The molecule has 0 atom stereocenters. The monoisotopic (exact) mass is 355 g/mol. The van der Waals surface area contributed by atoms with Gasteiger partial charge in [0.25, 0.3) is 0 Å². The highest BCUT2D eigenvalue weighted by Crippen LogP contribution is 2.21. The number of thiazole rings is 1. The molecule has 1 heterocycles. The molecule has 0 radical (unpaired) electrons.